The molecule has 0 saturated carbocycles. The number of likely N-dealkylation sites (N-methyl/N-ethyl adjacent to an activating group) is 1. The second-order valence-electron chi connectivity index (χ2n) is 3.75. The number of hydrogen-bond acceptors (Lipinski definition) is 4. The van der Waals surface area contributed by atoms with Gasteiger partial charge in [0.2, 0.25) is 5.95 Å². The maximum atomic E-state index is 5.84. The van der Waals surface area contributed by atoms with Gasteiger partial charge in [0.05, 0.1) is 0 Å². The summed E-state index contributed by atoms with van der Waals surface area (Å²) in [6.45, 7) is 1.97. The smallest absolute Gasteiger partial charge is 0.226 e. The van der Waals surface area contributed by atoms with E-state index in [1.165, 1.54) is 12.8 Å². The van der Waals surface area contributed by atoms with Gasteiger partial charge in [0.1, 0.15) is 5.15 Å². The number of nitrogens with zero attached hydrogens (tertiary/aromatic N) is 3. The fraction of sp³-hybridized carbons (Fsp3) is 0.600. The Bertz CT molecular complexity index is 331. The van der Waals surface area contributed by atoms with E-state index in [-0.39, 0.29) is 0 Å². The highest BCUT2D eigenvalue weighted by Crippen LogP contribution is 2.16. The first-order valence-electron chi connectivity index (χ1n) is 5.20. The predicted molar refractivity (Wildman–Crippen MR) is 61.3 cm³/mol. The molecule has 0 aromatic carbocycles. The van der Waals surface area contributed by atoms with Crippen molar-refractivity contribution in [2.24, 2.45) is 0 Å². The standard InChI is InChI=1S/C10H15ClN4/c1-12-8-3-2-6-15(7-8)10-13-5-4-9(11)14-10/h4-5,8,12H,2-3,6-7H2,1H3/t8-/m1/s1. The van der Waals surface area contributed by atoms with Crippen LogP contribution in [0.25, 0.3) is 0 Å². The lowest BCUT2D eigenvalue weighted by Gasteiger charge is -2.32. The minimum absolute atomic E-state index is 0.506. The van der Waals surface area contributed by atoms with E-state index in [1.54, 1.807) is 12.3 Å². The SMILES string of the molecule is CN[C@@H]1CCCN(c2nccc(Cl)n2)C1. The van der Waals surface area contributed by atoms with Gasteiger partial charge in [-0.15, -0.1) is 0 Å². The van der Waals surface area contributed by atoms with Gasteiger partial charge in [-0.2, -0.15) is 0 Å². The van der Waals surface area contributed by atoms with Crippen molar-refractivity contribution in [3.8, 4) is 0 Å². The van der Waals surface area contributed by atoms with Crippen LogP contribution in [0.2, 0.25) is 5.15 Å². The highest BCUT2D eigenvalue weighted by atomic mass is 35.5. The molecule has 0 amide bonds. The first-order valence-corrected chi connectivity index (χ1v) is 5.58. The monoisotopic (exact) mass is 226 g/mol. The van der Waals surface area contributed by atoms with E-state index in [1.807, 2.05) is 7.05 Å². The summed E-state index contributed by atoms with van der Waals surface area (Å²) in [5.74, 6) is 0.738. The van der Waals surface area contributed by atoms with Crippen molar-refractivity contribution in [2.45, 2.75) is 18.9 Å². The summed E-state index contributed by atoms with van der Waals surface area (Å²) in [6.07, 6.45) is 4.09. The van der Waals surface area contributed by atoms with Crippen molar-refractivity contribution in [3.05, 3.63) is 17.4 Å². The third kappa shape index (κ3) is 2.58. The minimum atomic E-state index is 0.506. The molecule has 0 unspecified atom stereocenters. The Kier molecular flexibility index (Phi) is 3.38. The molecule has 1 fully saturated rings. The molecule has 1 aromatic rings. The maximum Gasteiger partial charge on any atom is 0.226 e. The van der Waals surface area contributed by atoms with Crippen LogP contribution in [0.5, 0.6) is 0 Å². The van der Waals surface area contributed by atoms with Gasteiger partial charge in [-0.25, -0.2) is 9.97 Å². The average molecular weight is 227 g/mol. The van der Waals surface area contributed by atoms with Crippen LogP contribution < -0.4 is 10.2 Å². The van der Waals surface area contributed by atoms with E-state index in [0.717, 1.165) is 19.0 Å². The average Bonchev–Trinajstić information content (AvgIpc) is 2.29. The normalized spacial score (nSPS) is 21.7. The van der Waals surface area contributed by atoms with Crippen LogP contribution in [0.4, 0.5) is 5.95 Å². The number of piperidine rings is 1. The first-order chi connectivity index (χ1) is 7.29. The van der Waals surface area contributed by atoms with Crippen molar-refractivity contribution in [3.63, 3.8) is 0 Å². The van der Waals surface area contributed by atoms with Gasteiger partial charge in [-0.1, -0.05) is 11.6 Å². The Morgan fingerprint density at radius 3 is 3.20 bits per heavy atom. The van der Waals surface area contributed by atoms with Crippen LogP contribution in [-0.2, 0) is 0 Å². The van der Waals surface area contributed by atoms with Gasteiger partial charge in [0.25, 0.3) is 0 Å². The molecule has 1 N–H and O–H groups in total. The molecule has 15 heavy (non-hydrogen) atoms. The number of halogens is 1. The van der Waals surface area contributed by atoms with Crippen LogP contribution in [0, 0.1) is 0 Å². The third-order valence-electron chi connectivity index (χ3n) is 2.72. The molecule has 1 aliphatic heterocycles. The molecule has 1 aliphatic rings. The first kappa shape index (κ1) is 10.6. The molecule has 1 aromatic heterocycles. The maximum absolute atomic E-state index is 5.84. The zero-order chi connectivity index (χ0) is 10.7. The fourth-order valence-electron chi connectivity index (χ4n) is 1.87. The van der Waals surface area contributed by atoms with Gasteiger partial charge in [-0.05, 0) is 26.0 Å². The molecule has 0 bridgehead atoms. The molecule has 1 atom stereocenters. The van der Waals surface area contributed by atoms with Crippen LogP contribution in [0.1, 0.15) is 12.8 Å². The van der Waals surface area contributed by atoms with E-state index in [9.17, 15) is 0 Å². The molecule has 2 rings (SSSR count). The van der Waals surface area contributed by atoms with E-state index < -0.39 is 0 Å². The number of aromatic nitrogens is 2. The van der Waals surface area contributed by atoms with Crippen molar-refractivity contribution in [2.75, 3.05) is 25.0 Å². The Labute approximate surface area is 94.7 Å². The Morgan fingerprint density at radius 1 is 1.60 bits per heavy atom. The quantitative estimate of drug-likeness (QED) is 0.773. The number of anilines is 1. The predicted octanol–water partition coefficient (Wildman–Crippen LogP) is 1.32. The molecule has 2 heterocycles. The highest BCUT2D eigenvalue weighted by molar-refractivity contribution is 6.29. The summed E-state index contributed by atoms with van der Waals surface area (Å²) in [6, 6.07) is 2.23. The molecule has 1 saturated heterocycles. The fourth-order valence-corrected chi connectivity index (χ4v) is 2.01. The zero-order valence-corrected chi connectivity index (χ0v) is 9.54. The van der Waals surface area contributed by atoms with Crippen LogP contribution in [0.15, 0.2) is 12.3 Å². The third-order valence-corrected chi connectivity index (χ3v) is 2.93. The summed E-state index contributed by atoms with van der Waals surface area (Å²) in [5.41, 5.74) is 0. The number of hydrogen-bond donors (Lipinski definition) is 1. The lowest BCUT2D eigenvalue weighted by Crippen LogP contribution is -2.45. The summed E-state index contributed by atoms with van der Waals surface area (Å²) in [4.78, 5) is 10.6. The van der Waals surface area contributed by atoms with E-state index in [0.29, 0.717) is 11.2 Å². The van der Waals surface area contributed by atoms with Gasteiger partial charge in [0.15, 0.2) is 0 Å². The van der Waals surface area contributed by atoms with Crippen LogP contribution >= 0.6 is 11.6 Å². The lowest BCUT2D eigenvalue weighted by molar-refractivity contribution is 0.445. The van der Waals surface area contributed by atoms with Crippen LogP contribution in [0.3, 0.4) is 0 Å². The van der Waals surface area contributed by atoms with E-state index in [2.05, 4.69) is 20.2 Å². The number of nitrogens with one attached hydrogen (secondary N) is 1. The summed E-state index contributed by atoms with van der Waals surface area (Å²) >= 11 is 5.84. The molecular formula is C10H15ClN4. The number of rotatable bonds is 2. The molecule has 5 heteroatoms. The Hall–Kier alpha value is -0.870. The second kappa shape index (κ2) is 4.77. The van der Waals surface area contributed by atoms with Crippen molar-refractivity contribution >= 4 is 17.5 Å². The molecule has 0 radical (unpaired) electrons. The lowest BCUT2D eigenvalue weighted by atomic mass is 10.1. The summed E-state index contributed by atoms with van der Waals surface area (Å²) < 4.78 is 0. The van der Waals surface area contributed by atoms with Gasteiger partial charge < -0.3 is 10.2 Å². The van der Waals surface area contributed by atoms with Crippen molar-refractivity contribution in [1.29, 1.82) is 0 Å². The topological polar surface area (TPSA) is 41.0 Å². The highest BCUT2D eigenvalue weighted by Gasteiger charge is 2.20. The van der Waals surface area contributed by atoms with Gasteiger partial charge in [-0.3, -0.25) is 0 Å². The Balaban J connectivity index is 2.09. The largest absolute Gasteiger partial charge is 0.339 e. The molecule has 4 nitrogen and oxygen atoms in total. The summed E-state index contributed by atoms with van der Waals surface area (Å²) in [5, 5.41) is 3.79. The van der Waals surface area contributed by atoms with E-state index in [4.69, 9.17) is 11.6 Å². The van der Waals surface area contributed by atoms with Crippen molar-refractivity contribution < 1.29 is 0 Å². The molecule has 82 valence electrons. The van der Waals surface area contributed by atoms with Crippen LogP contribution in [-0.4, -0.2) is 36.1 Å². The zero-order valence-electron chi connectivity index (χ0n) is 8.78. The van der Waals surface area contributed by atoms with Crippen molar-refractivity contribution in [1.82, 2.24) is 15.3 Å². The summed E-state index contributed by atoms with van der Waals surface area (Å²) in [7, 11) is 1.99. The molecule has 0 spiro atoms. The Morgan fingerprint density at radius 2 is 2.47 bits per heavy atom. The second-order valence-corrected chi connectivity index (χ2v) is 4.14. The van der Waals surface area contributed by atoms with Gasteiger partial charge in [0, 0.05) is 25.3 Å². The van der Waals surface area contributed by atoms with E-state index >= 15 is 0 Å². The molecular weight excluding hydrogens is 212 g/mol. The molecule has 0 aliphatic carbocycles. The van der Waals surface area contributed by atoms with Gasteiger partial charge >= 0.3 is 0 Å². The minimum Gasteiger partial charge on any atom is -0.339 e.